The second-order valence-corrected chi connectivity index (χ2v) is 3.99. The molecule has 0 aliphatic rings. The second kappa shape index (κ2) is 6.68. The maximum atomic E-state index is 10.1. The van der Waals surface area contributed by atoms with Gasteiger partial charge in [0.25, 0.3) is 0 Å². The van der Waals surface area contributed by atoms with Crippen LogP contribution in [-0.4, -0.2) is 40.0 Å². The summed E-state index contributed by atoms with van der Waals surface area (Å²) in [7, 11) is 6.25. The molecule has 0 aliphatic carbocycles. The molecule has 0 aliphatic heterocycles. The van der Waals surface area contributed by atoms with Crippen molar-refractivity contribution in [3.63, 3.8) is 0 Å². The van der Waals surface area contributed by atoms with Crippen molar-refractivity contribution < 1.29 is 19.3 Å². The van der Waals surface area contributed by atoms with Gasteiger partial charge in [0, 0.05) is 12.6 Å². The van der Waals surface area contributed by atoms with Crippen LogP contribution in [0.3, 0.4) is 0 Å². The average molecular weight is 276 g/mol. The Balaban J connectivity index is 3.42. The van der Waals surface area contributed by atoms with Gasteiger partial charge in [0.15, 0.2) is 11.5 Å². The summed E-state index contributed by atoms with van der Waals surface area (Å²) < 4.78 is 15.6. The highest BCUT2D eigenvalue weighted by Crippen LogP contribution is 2.45. The Labute approximate surface area is 112 Å². The van der Waals surface area contributed by atoms with E-state index in [-0.39, 0.29) is 0 Å². The van der Waals surface area contributed by atoms with E-state index in [1.54, 1.807) is 13.1 Å². The number of aliphatic hydroxyl groups is 1. The van der Waals surface area contributed by atoms with Crippen LogP contribution in [-0.2, 0) is 0 Å². The number of methoxy groups -OCH3 is 3. The molecule has 1 aromatic carbocycles. The van der Waals surface area contributed by atoms with E-state index >= 15 is 0 Å². The fourth-order valence-corrected chi connectivity index (χ4v) is 2.06. The first-order valence-corrected chi connectivity index (χ1v) is 5.79. The van der Waals surface area contributed by atoms with Gasteiger partial charge in [-0.25, -0.2) is 0 Å². The molecular weight excluding hydrogens is 258 g/mol. The van der Waals surface area contributed by atoms with Gasteiger partial charge in [-0.1, -0.05) is 11.6 Å². The molecule has 1 aromatic rings. The van der Waals surface area contributed by atoms with Crippen LogP contribution in [0.1, 0.15) is 11.7 Å². The van der Waals surface area contributed by atoms with E-state index in [1.807, 2.05) is 0 Å². The van der Waals surface area contributed by atoms with Gasteiger partial charge in [-0.15, -0.1) is 0 Å². The van der Waals surface area contributed by atoms with Gasteiger partial charge in [-0.2, -0.15) is 0 Å². The van der Waals surface area contributed by atoms with Crippen LogP contribution in [0.25, 0.3) is 0 Å². The van der Waals surface area contributed by atoms with E-state index in [1.165, 1.54) is 21.3 Å². The summed E-state index contributed by atoms with van der Waals surface area (Å²) in [6, 6.07) is 1.62. The molecule has 18 heavy (non-hydrogen) atoms. The summed E-state index contributed by atoms with van der Waals surface area (Å²) in [5.41, 5.74) is 0.449. The van der Waals surface area contributed by atoms with Crippen molar-refractivity contribution in [2.24, 2.45) is 0 Å². The fourth-order valence-electron chi connectivity index (χ4n) is 1.72. The molecule has 0 fully saturated rings. The minimum atomic E-state index is -0.818. The lowest BCUT2D eigenvalue weighted by Crippen LogP contribution is -2.18. The highest BCUT2D eigenvalue weighted by atomic mass is 35.5. The van der Waals surface area contributed by atoms with Crippen LogP contribution >= 0.6 is 11.6 Å². The van der Waals surface area contributed by atoms with E-state index in [2.05, 4.69) is 5.32 Å². The standard InChI is InChI=1S/C12H18ClNO4/c1-14-6-7(15)10-11(13)8(16-2)5-9(17-3)12(10)18-4/h5,7,14-15H,6H2,1-4H3. The molecule has 0 aromatic heterocycles. The van der Waals surface area contributed by atoms with Gasteiger partial charge in [0.2, 0.25) is 0 Å². The molecule has 0 saturated carbocycles. The summed E-state index contributed by atoms with van der Waals surface area (Å²) in [5, 5.41) is 13.3. The number of rotatable bonds is 6. The van der Waals surface area contributed by atoms with Gasteiger partial charge in [0.1, 0.15) is 5.75 Å². The summed E-state index contributed by atoms with van der Waals surface area (Å²) in [5.74, 6) is 1.30. The van der Waals surface area contributed by atoms with Crippen molar-refractivity contribution in [3.05, 3.63) is 16.7 Å². The molecule has 1 rings (SSSR count). The third-order valence-corrected chi connectivity index (χ3v) is 2.95. The van der Waals surface area contributed by atoms with Crippen molar-refractivity contribution in [2.45, 2.75) is 6.10 Å². The monoisotopic (exact) mass is 275 g/mol. The van der Waals surface area contributed by atoms with Crippen molar-refractivity contribution in [1.29, 1.82) is 0 Å². The third-order valence-electron chi connectivity index (χ3n) is 2.56. The molecule has 102 valence electrons. The summed E-state index contributed by atoms with van der Waals surface area (Å²) in [6.45, 7) is 0.340. The Kier molecular flexibility index (Phi) is 5.53. The number of nitrogens with one attached hydrogen (secondary N) is 1. The smallest absolute Gasteiger partial charge is 0.168 e. The lowest BCUT2D eigenvalue weighted by molar-refractivity contribution is 0.172. The van der Waals surface area contributed by atoms with Crippen LogP contribution in [0.4, 0.5) is 0 Å². The molecule has 0 radical (unpaired) electrons. The first-order valence-electron chi connectivity index (χ1n) is 5.41. The van der Waals surface area contributed by atoms with Crippen LogP contribution in [0, 0.1) is 0 Å². The highest BCUT2D eigenvalue weighted by Gasteiger charge is 2.24. The normalized spacial score (nSPS) is 12.1. The van der Waals surface area contributed by atoms with Gasteiger partial charge >= 0.3 is 0 Å². The van der Waals surface area contributed by atoms with Crippen molar-refractivity contribution in [1.82, 2.24) is 5.32 Å². The quantitative estimate of drug-likeness (QED) is 0.826. The van der Waals surface area contributed by atoms with E-state index in [4.69, 9.17) is 25.8 Å². The Hall–Kier alpha value is -1.17. The van der Waals surface area contributed by atoms with Gasteiger partial charge in [-0.05, 0) is 7.05 Å². The van der Waals surface area contributed by atoms with E-state index in [9.17, 15) is 5.11 Å². The van der Waals surface area contributed by atoms with E-state index in [0.29, 0.717) is 34.4 Å². The van der Waals surface area contributed by atoms with Crippen LogP contribution < -0.4 is 19.5 Å². The SMILES string of the molecule is CNCC(O)c1c(Cl)c(OC)cc(OC)c1OC. The number of halogens is 1. The Bertz CT molecular complexity index is 412. The average Bonchev–Trinajstić information content (AvgIpc) is 2.38. The molecule has 0 amide bonds. The summed E-state index contributed by atoms with van der Waals surface area (Å²) in [6.07, 6.45) is -0.818. The molecule has 0 saturated heterocycles. The number of hydrogen-bond donors (Lipinski definition) is 2. The van der Waals surface area contributed by atoms with Crippen molar-refractivity contribution in [3.8, 4) is 17.2 Å². The highest BCUT2D eigenvalue weighted by molar-refractivity contribution is 6.33. The summed E-state index contributed by atoms with van der Waals surface area (Å²) in [4.78, 5) is 0. The Morgan fingerprint density at radius 3 is 2.28 bits per heavy atom. The predicted molar refractivity (Wildman–Crippen MR) is 70.0 cm³/mol. The number of aliphatic hydroxyl groups excluding tert-OH is 1. The largest absolute Gasteiger partial charge is 0.495 e. The van der Waals surface area contributed by atoms with Crippen molar-refractivity contribution >= 4 is 11.6 Å². The molecule has 2 N–H and O–H groups in total. The van der Waals surface area contributed by atoms with Gasteiger partial charge in [-0.3, -0.25) is 0 Å². The molecule has 5 nitrogen and oxygen atoms in total. The van der Waals surface area contributed by atoms with E-state index in [0.717, 1.165) is 0 Å². The van der Waals surface area contributed by atoms with E-state index < -0.39 is 6.10 Å². The van der Waals surface area contributed by atoms with Gasteiger partial charge < -0.3 is 24.6 Å². The molecule has 6 heteroatoms. The summed E-state index contributed by atoms with van der Waals surface area (Å²) >= 11 is 6.20. The topological polar surface area (TPSA) is 60.0 Å². The molecule has 1 atom stereocenters. The van der Waals surface area contributed by atoms with Crippen LogP contribution in [0.15, 0.2) is 6.07 Å². The van der Waals surface area contributed by atoms with Crippen LogP contribution in [0.2, 0.25) is 5.02 Å². The van der Waals surface area contributed by atoms with Crippen molar-refractivity contribution in [2.75, 3.05) is 34.9 Å². The lowest BCUT2D eigenvalue weighted by atomic mass is 10.1. The molecule has 0 bridgehead atoms. The number of benzene rings is 1. The number of likely N-dealkylation sites (N-methyl/N-ethyl adjacent to an activating group) is 1. The lowest BCUT2D eigenvalue weighted by Gasteiger charge is -2.20. The Morgan fingerprint density at radius 1 is 1.22 bits per heavy atom. The van der Waals surface area contributed by atoms with Gasteiger partial charge in [0.05, 0.1) is 38.0 Å². The molecule has 0 heterocycles. The first kappa shape index (κ1) is 14.9. The zero-order chi connectivity index (χ0) is 13.7. The molecule has 1 unspecified atom stereocenters. The maximum absolute atomic E-state index is 10.1. The molecular formula is C12H18ClNO4. The minimum absolute atomic E-state index is 0.318. The predicted octanol–water partition coefficient (Wildman–Crippen LogP) is 1.62. The zero-order valence-corrected chi connectivity index (χ0v) is 11.7. The third kappa shape index (κ3) is 2.80. The first-order chi connectivity index (χ1) is 8.60. The molecule has 0 spiro atoms. The minimum Gasteiger partial charge on any atom is -0.495 e. The fraction of sp³-hybridized carbons (Fsp3) is 0.500. The Morgan fingerprint density at radius 2 is 1.83 bits per heavy atom. The number of hydrogen-bond acceptors (Lipinski definition) is 5. The van der Waals surface area contributed by atoms with Crippen LogP contribution in [0.5, 0.6) is 17.2 Å². The zero-order valence-electron chi connectivity index (χ0n) is 10.9. The number of ether oxygens (including phenoxy) is 3. The second-order valence-electron chi connectivity index (χ2n) is 3.62. The maximum Gasteiger partial charge on any atom is 0.168 e.